The first-order valence-electron chi connectivity index (χ1n) is 7.67. The summed E-state index contributed by atoms with van der Waals surface area (Å²) in [4.78, 5) is 0. The molecule has 20 heavy (non-hydrogen) atoms. The van der Waals surface area contributed by atoms with Crippen LogP contribution in [0.5, 0.6) is 0 Å². The molecule has 2 fully saturated rings. The van der Waals surface area contributed by atoms with Crippen molar-refractivity contribution in [3.63, 3.8) is 0 Å². The summed E-state index contributed by atoms with van der Waals surface area (Å²) >= 11 is 6.14. The van der Waals surface area contributed by atoms with Crippen LogP contribution >= 0.6 is 11.6 Å². The Kier molecular flexibility index (Phi) is 5.74. The molecule has 1 aliphatic heterocycles. The summed E-state index contributed by atoms with van der Waals surface area (Å²) < 4.78 is 24.8. The average Bonchev–Trinajstić information content (AvgIpc) is 2.88. The molecular weight excluding hydrogens is 296 g/mol. The Morgan fingerprint density at radius 2 is 2.00 bits per heavy atom. The predicted molar refractivity (Wildman–Crippen MR) is 83.6 cm³/mol. The van der Waals surface area contributed by atoms with Crippen LogP contribution in [0.25, 0.3) is 0 Å². The number of piperidine rings is 1. The van der Waals surface area contributed by atoms with Gasteiger partial charge in [-0.25, -0.2) is 12.7 Å². The molecule has 1 unspecified atom stereocenters. The summed E-state index contributed by atoms with van der Waals surface area (Å²) in [6.45, 7) is 3.23. The van der Waals surface area contributed by atoms with E-state index < -0.39 is 10.0 Å². The van der Waals surface area contributed by atoms with E-state index in [0.29, 0.717) is 19.0 Å². The third-order valence-electron chi connectivity index (χ3n) is 4.83. The molecule has 4 nitrogen and oxygen atoms in total. The lowest BCUT2D eigenvalue weighted by Gasteiger charge is -2.32. The number of nitrogens with zero attached hydrogens (tertiary/aromatic N) is 1. The molecular formula is C14H27ClN2O2S. The van der Waals surface area contributed by atoms with Gasteiger partial charge in [-0.05, 0) is 43.6 Å². The van der Waals surface area contributed by atoms with Crippen molar-refractivity contribution in [3.8, 4) is 0 Å². The molecule has 1 aliphatic carbocycles. The molecule has 2 rings (SSSR count). The third kappa shape index (κ3) is 4.33. The van der Waals surface area contributed by atoms with Gasteiger partial charge in [-0.2, -0.15) is 0 Å². The van der Waals surface area contributed by atoms with Crippen LogP contribution < -0.4 is 5.32 Å². The number of sulfonamides is 1. The second-order valence-electron chi connectivity index (χ2n) is 6.60. The molecule has 118 valence electrons. The van der Waals surface area contributed by atoms with Gasteiger partial charge in [0.05, 0.1) is 6.26 Å². The first kappa shape index (κ1) is 16.5. The third-order valence-corrected chi connectivity index (χ3v) is 6.67. The predicted octanol–water partition coefficient (Wildman–Crippen LogP) is 2.05. The molecule has 1 atom stereocenters. The molecule has 0 aromatic rings. The zero-order chi connectivity index (χ0) is 14.6. The molecule has 0 aromatic heterocycles. The summed E-state index contributed by atoms with van der Waals surface area (Å²) in [5, 5.41) is 3.55. The van der Waals surface area contributed by atoms with Crippen LogP contribution in [0.15, 0.2) is 0 Å². The van der Waals surface area contributed by atoms with E-state index in [1.807, 2.05) is 0 Å². The second kappa shape index (κ2) is 6.95. The Morgan fingerprint density at radius 1 is 1.30 bits per heavy atom. The standard InChI is InChI=1S/C14H27ClN2O2S/c1-20(18,19)17-8-4-5-13(10-17)9-16-12-14(11-15)6-2-3-7-14/h13,16H,2-12H2,1H3. The Hall–Kier alpha value is 0.160. The summed E-state index contributed by atoms with van der Waals surface area (Å²) in [5.41, 5.74) is 0.284. The molecule has 6 heteroatoms. The molecule has 0 radical (unpaired) electrons. The van der Waals surface area contributed by atoms with E-state index in [9.17, 15) is 8.42 Å². The first-order valence-corrected chi connectivity index (χ1v) is 10.1. The topological polar surface area (TPSA) is 49.4 Å². The fourth-order valence-electron chi connectivity index (χ4n) is 3.52. The minimum Gasteiger partial charge on any atom is -0.316 e. The van der Waals surface area contributed by atoms with E-state index in [1.54, 1.807) is 4.31 Å². The van der Waals surface area contributed by atoms with Gasteiger partial charge in [0.15, 0.2) is 0 Å². The monoisotopic (exact) mass is 322 g/mol. The lowest BCUT2D eigenvalue weighted by atomic mass is 9.88. The van der Waals surface area contributed by atoms with Gasteiger partial charge in [0.2, 0.25) is 10.0 Å². The Morgan fingerprint density at radius 3 is 2.60 bits per heavy atom. The van der Waals surface area contributed by atoms with Crippen molar-refractivity contribution < 1.29 is 8.42 Å². The number of alkyl halides is 1. The first-order chi connectivity index (χ1) is 9.45. The van der Waals surface area contributed by atoms with Crippen molar-refractivity contribution in [3.05, 3.63) is 0 Å². The van der Waals surface area contributed by atoms with Crippen molar-refractivity contribution in [2.75, 3.05) is 38.3 Å². The van der Waals surface area contributed by atoms with Crippen molar-refractivity contribution in [1.29, 1.82) is 0 Å². The summed E-state index contributed by atoms with van der Waals surface area (Å²) in [6, 6.07) is 0. The highest BCUT2D eigenvalue weighted by Crippen LogP contribution is 2.38. The minimum atomic E-state index is -3.03. The van der Waals surface area contributed by atoms with Crippen LogP contribution in [0.2, 0.25) is 0 Å². The quantitative estimate of drug-likeness (QED) is 0.761. The van der Waals surface area contributed by atoms with Gasteiger partial charge in [0.1, 0.15) is 0 Å². The second-order valence-corrected chi connectivity index (χ2v) is 8.85. The van der Waals surface area contributed by atoms with Crippen molar-refractivity contribution in [1.82, 2.24) is 9.62 Å². The van der Waals surface area contributed by atoms with E-state index in [-0.39, 0.29) is 5.41 Å². The number of halogens is 1. The van der Waals surface area contributed by atoms with Crippen molar-refractivity contribution in [2.24, 2.45) is 11.3 Å². The van der Waals surface area contributed by atoms with E-state index in [2.05, 4.69) is 5.32 Å². The highest BCUT2D eigenvalue weighted by molar-refractivity contribution is 7.88. The molecule has 1 heterocycles. The molecule has 0 bridgehead atoms. The van der Waals surface area contributed by atoms with Crippen LogP contribution in [-0.2, 0) is 10.0 Å². The summed E-state index contributed by atoms with van der Waals surface area (Å²) in [7, 11) is -3.03. The van der Waals surface area contributed by atoms with Crippen molar-refractivity contribution >= 4 is 21.6 Å². The van der Waals surface area contributed by atoms with Crippen LogP contribution in [0.4, 0.5) is 0 Å². The van der Waals surface area contributed by atoms with Crippen molar-refractivity contribution in [2.45, 2.75) is 38.5 Å². The fraction of sp³-hybridized carbons (Fsp3) is 1.00. The number of nitrogens with one attached hydrogen (secondary N) is 1. The van der Waals surface area contributed by atoms with Gasteiger partial charge >= 0.3 is 0 Å². The number of rotatable bonds is 6. The van der Waals surface area contributed by atoms with Gasteiger partial charge < -0.3 is 5.32 Å². The largest absolute Gasteiger partial charge is 0.316 e. The Balaban J connectivity index is 1.76. The summed E-state index contributed by atoms with van der Waals surface area (Å²) in [5.74, 6) is 1.17. The molecule has 1 saturated heterocycles. The van der Waals surface area contributed by atoms with Gasteiger partial charge in [-0.1, -0.05) is 12.8 Å². The van der Waals surface area contributed by atoms with Crippen LogP contribution in [0.3, 0.4) is 0 Å². The van der Waals surface area contributed by atoms with Gasteiger partial charge in [0, 0.05) is 25.5 Å². The van der Waals surface area contributed by atoms with Gasteiger partial charge in [-0.15, -0.1) is 11.6 Å². The maximum Gasteiger partial charge on any atom is 0.211 e. The van der Waals surface area contributed by atoms with Crippen LogP contribution in [0.1, 0.15) is 38.5 Å². The number of hydrogen-bond donors (Lipinski definition) is 1. The zero-order valence-corrected chi connectivity index (χ0v) is 14.0. The van der Waals surface area contributed by atoms with E-state index >= 15 is 0 Å². The maximum atomic E-state index is 11.6. The Bertz CT molecular complexity index is 407. The van der Waals surface area contributed by atoms with E-state index in [0.717, 1.165) is 31.8 Å². The van der Waals surface area contributed by atoms with E-state index in [1.165, 1.54) is 31.9 Å². The fourth-order valence-corrected chi connectivity index (χ4v) is 4.82. The van der Waals surface area contributed by atoms with Gasteiger partial charge in [-0.3, -0.25) is 0 Å². The molecule has 1 N–H and O–H groups in total. The molecule has 1 saturated carbocycles. The van der Waals surface area contributed by atoms with E-state index in [4.69, 9.17) is 11.6 Å². The van der Waals surface area contributed by atoms with Gasteiger partial charge in [0.25, 0.3) is 0 Å². The Labute approximate surface area is 128 Å². The maximum absolute atomic E-state index is 11.6. The minimum absolute atomic E-state index is 0.284. The SMILES string of the molecule is CS(=O)(=O)N1CCCC(CNCC2(CCl)CCCC2)C1. The summed E-state index contributed by atoms with van der Waals surface area (Å²) in [6.07, 6.45) is 8.43. The highest BCUT2D eigenvalue weighted by atomic mass is 35.5. The highest BCUT2D eigenvalue weighted by Gasteiger charge is 2.33. The van der Waals surface area contributed by atoms with Crippen LogP contribution in [0, 0.1) is 11.3 Å². The smallest absolute Gasteiger partial charge is 0.211 e. The molecule has 0 amide bonds. The number of hydrogen-bond acceptors (Lipinski definition) is 3. The molecule has 0 aromatic carbocycles. The average molecular weight is 323 g/mol. The molecule has 0 spiro atoms. The van der Waals surface area contributed by atoms with Crippen LogP contribution in [-0.4, -0.2) is 51.0 Å². The zero-order valence-electron chi connectivity index (χ0n) is 12.4. The normalized spacial score (nSPS) is 27.8. The lowest BCUT2D eigenvalue weighted by molar-refractivity contribution is 0.245. The lowest BCUT2D eigenvalue weighted by Crippen LogP contribution is -2.44. The molecule has 2 aliphatic rings.